The highest BCUT2D eigenvalue weighted by molar-refractivity contribution is 8.00. The fraction of sp³-hybridized carbons (Fsp3) is 0.533. The lowest BCUT2D eigenvalue weighted by molar-refractivity contribution is 0.0971. The lowest BCUT2D eigenvalue weighted by atomic mass is 10.1. The van der Waals surface area contributed by atoms with Crippen LogP contribution in [0.25, 0.3) is 0 Å². The Bertz CT molecular complexity index is 380. The van der Waals surface area contributed by atoms with Gasteiger partial charge in [-0.2, -0.15) is 0 Å². The Morgan fingerprint density at radius 1 is 1.22 bits per heavy atom. The van der Waals surface area contributed by atoms with E-state index in [4.69, 9.17) is 5.11 Å². The number of aliphatic hydroxyl groups is 1. The van der Waals surface area contributed by atoms with Gasteiger partial charge in [-0.3, -0.25) is 4.79 Å². The Kier molecular flexibility index (Phi) is 5.26. The smallest absolute Gasteiger partial charge is 0.162 e. The van der Waals surface area contributed by atoms with Crippen LogP contribution in [0.3, 0.4) is 0 Å². The minimum Gasteiger partial charge on any atom is -0.396 e. The van der Waals surface area contributed by atoms with Crippen LogP contribution in [0.4, 0.5) is 0 Å². The van der Waals surface area contributed by atoms with E-state index in [2.05, 4.69) is 12.1 Å². The number of hydrogen-bond donors (Lipinski definition) is 1. The third kappa shape index (κ3) is 3.85. The molecule has 0 radical (unpaired) electrons. The molecule has 1 aliphatic rings. The number of Topliss-reactive ketones (excluding diaryl/α,β-unsaturated/α-hetero) is 1. The normalized spacial score (nSPS) is 16.1. The van der Waals surface area contributed by atoms with E-state index in [-0.39, 0.29) is 12.4 Å². The number of carbonyl (C=O) groups is 1. The molecule has 1 fully saturated rings. The first kappa shape index (κ1) is 13.6. The third-order valence-corrected chi connectivity index (χ3v) is 4.69. The van der Waals surface area contributed by atoms with Gasteiger partial charge in [0, 0.05) is 28.7 Å². The fourth-order valence-corrected chi connectivity index (χ4v) is 3.55. The van der Waals surface area contributed by atoms with E-state index in [1.165, 1.54) is 30.6 Å². The molecule has 1 aromatic carbocycles. The lowest BCUT2D eigenvalue weighted by Crippen LogP contribution is -2.00. The zero-order valence-electron chi connectivity index (χ0n) is 10.6. The van der Waals surface area contributed by atoms with Crippen LogP contribution in [0, 0.1) is 0 Å². The molecule has 0 heterocycles. The number of ketones is 1. The van der Waals surface area contributed by atoms with Gasteiger partial charge in [-0.05, 0) is 31.4 Å². The molecule has 1 aromatic rings. The second kappa shape index (κ2) is 6.95. The summed E-state index contributed by atoms with van der Waals surface area (Å²) in [6, 6.07) is 7.93. The van der Waals surface area contributed by atoms with Gasteiger partial charge in [-0.1, -0.05) is 25.0 Å². The third-order valence-electron chi connectivity index (χ3n) is 3.34. The molecule has 0 amide bonds. The van der Waals surface area contributed by atoms with Crippen molar-refractivity contribution >= 4 is 17.5 Å². The molecular formula is C15H20O2S. The summed E-state index contributed by atoms with van der Waals surface area (Å²) in [6.07, 6.45) is 6.34. The molecule has 2 nitrogen and oxygen atoms in total. The molecule has 3 heteroatoms. The summed E-state index contributed by atoms with van der Waals surface area (Å²) in [5, 5.41) is 9.47. The zero-order valence-corrected chi connectivity index (χ0v) is 11.4. The summed E-state index contributed by atoms with van der Waals surface area (Å²) in [7, 11) is 0. The Morgan fingerprint density at radius 3 is 2.50 bits per heavy atom. The summed E-state index contributed by atoms with van der Waals surface area (Å²) in [5.41, 5.74) is 0.763. The number of aliphatic hydroxyl groups excluding tert-OH is 1. The molecule has 0 saturated heterocycles. The first-order valence-electron chi connectivity index (χ1n) is 6.70. The standard InChI is InChI=1S/C15H20O2S/c16-11-3-6-15(17)12-7-9-14(10-8-12)18-13-4-1-2-5-13/h7-10,13,16H,1-6,11H2. The highest BCUT2D eigenvalue weighted by Gasteiger charge is 2.16. The van der Waals surface area contributed by atoms with Gasteiger partial charge >= 0.3 is 0 Å². The predicted molar refractivity (Wildman–Crippen MR) is 75.2 cm³/mol. The largest absolute Gasteiger partial charge is 0.396 e. The predicted octanol–water partition coefficient (Wildman–Crippen LogP) is 3.68. The number of benzene rings is 1. The van der Waals surface area contributed by atoms with Crippen molar-refractivity contribution in [3.05, 3.63) is 29.8 Å². The summed E-state index contributed by atoms with van der Waals surface area (Å²) >= 11 is 1.94. The van der Waals surface area contributed by atoms with Crippen molar-refractivity contribution in [2.75, 3.05) is 6.61 Å². The van der Waals surface area contributed by atoms with Gasteiger partial charge in [0.25, 0.3) is 0 Å². The van der Waals surface area contributed by atoms with Gasteiger partial charge in [0.2, 0.25) is 0 Å². The number of thioether (sulfide) groups is 1. The van der Waals surface area contributed by atoms with Gasteiger partial charge in [0.15, 0.2) is 5.78 Å². The molecule has 18 heavy (non-hydrogen) atoms. The maximum absolute atomic E-state index is 11.7. The summed E-state index contributed by atoms with van der Waals surface area (Å²) < 4.78 is 0. The second-order valence-corrected chi connectivity index (χ2v) is 6.17. The molecule has 0 aliphatic heterocycles. The molecule has 0 atom stereocenters. The van der Waals surface area contributed by atoms with Crippen LogP contribution in [-0.2, 0) is 0 Å². The monoisotopic (exact) mass is 264 g/mol. The Morgan fingerprint density at radius 2 is 1.89 bits per heavy atom. The minimum atomic E-state index is 0.0847. The fourth-order valence-electron chi connectivity index (χ4n) is 2.30. The van der Waals surface area contributed by atoms with E-state index in [1.54, 1.807) is 0 Å². The molecule has 1 aliphatic carbocycles. The van der Waals surface area contributed by atoms with Gasteiger partial charge in [-0.15, -0.1) is 11.8 Å². The summed E-state index contributed by atoms with van der Waals surface area (Å²) in [6.45, 7) is 0.0847. The van der Waals surface area contributed by atoms with Crippen LogP contribution in [0.15, 0.2) is 29.2 Å². The molecule has 1 N–H and O–H groups in total. The van der Waals surface area contributed by atoms with E-state index in [0.717, 1.165) is 10.8 Å². The first-order valence-corrected chi connectivity index (χ1v) is 7.58. The molecular weight excluding hydrogens is 244 g/mol. The van der Waals surface area contributed by atoms with Crippen LogP contribution < -0.4 is 0 Å². The van der Waals surface area contributed by atoms with Crippen molar-refractivity contribution in [2.45, 2.75) is 48.7 Å². The maximum atomic E-state index is 11.7. The summed E-state index contributed by atoms with van der Waals surface area (Å²) in [4.78, 5) is 13.0. The molecule has 0 aromatic heterocycles. The van der Waals surface area contributed by atoms with E-state index in [0.29, 0.717) is 12.8 Å². The Balaban J connectivity index is 1.90. The van der Waals surface area contributed by atoms with E-state index in [1.807, 2.05) is 23.9 Å². The average Bonchev–Trinajstić information content (AvgIpc) is 2.89. The molecule has 1 saturated carbocycles. The van der Waals surface area contributed by atoms with Crippen molar-refractivity contribution in [3.63, 3.8) is 0 Å². The van der Waals surface area contributed by atoms with Crippen LogP contribution in [0.1, 0.15) is 48.9 Å². The quantitative estimate of drug-likeness (QED) is 0.796. The summed E-state index contributed by atoms with van der Waals surface area (Å²) in [5.74, 6) is 0.126. The van der Waals surface area contributed by atoms with Crippen molar-refractivity contribution in [3.8, 4) is 0 Å². The topological polar surface area (TPSA) is 37.3 Å². The molecule has 0 bridgehead atoms. The van der Waals surface area contributed by atoms with Crippen LogP contribution in [0.2, 0.25) is 0 Å². The van der Waals surface area contributed by atoms with Gasteiger partial charge < -0.3 is 5.11 Å². The van der Waals surface area contributed by atoms with Crippen LogP contribution >= 0.6 is 11.8 Å². The SMILES string of the molecule is O=C(CCCO)c1ccc(SC2CCCC2)cc1. The van der Waals surface area contributed by atoms with Crippen molar-refractivity contribution < 1.29 is 9.90 Å². The number of rotatable bonds is 6. The second-order valence-electron chi connectivity index (χ2n) is 4.80. The minimum absolute atomic E-state index is 0.0847. The molecule has 2 rings (SSSR count). The van der Waals surface area contributed by atoms with Crippen molar-refractivity contribution in [1.29, 1.82) is 0 Å². The van der Waals surface area contributed by atoms with Crippen LogP contribution in [0.5, 0.6) is 0 Å². The molecule has 0 unspecified atom stereocenters. The lowest BCUT2D eigenvalue weighted by Gasteiger charge is -2.08. The van der Waals surface area contributed by atoms with E-state index in [9.17, 15) is 4.79 Å². The Labute approximate surface area is 113 Å². The molecule has 98 valence electrons. The zero-order chi connectivity index (χ0) is 12.8. The van der Waals surface area contributed by atoms with Gasteiger partial charge in [0.1, 0.15) is 0 Å². The number of carbonyl (C=O) groups excluding carboxylic acids is 1. The highest BCUT2D eigenvalue weighted by Crippen LogP contribution is 2.34. The van der Waals surface area contributed by atoms with Crippen LogP contribution in [-0.4, -0.2) is 22.7 Å². The number of hydrogen-bond acceptors (Lipinski definition) is 3. The van der Waals surface area contributed by atoms with Gasteiger partial charge in [-0.25, -0.2) is 0 Å². The maximum Gasteiger partial charge on any atom is 0.162 e. The first-order chi connectivity index (χ1) is 8.79. The van der Waals surface area contributed by atoms with Crippen molar-refractivity contribution in [1.82, 2.24) is 0 Å². The molecule has 0 spiro atoms. The van der Waals surface area contributed by atoms with E-state index >= 15 is 0 Å². The Hall–Kier alpha value is -0.800. The highest BCUT2D eigenvalue weighted by atomic mass is 32.2. The van der Waals surface area contributed by atoms with Gasteiger partial charge in [0.05, 0.1) is 0 Å². The van der Waals surface area contributed by atoms with Crippen molar-refractivity contribution in [2.24, 2.45) is 0 Å². The van der Waals surface area contributed by atoms with E-state index < -0.39 is 0 Å². The average molecular weight is 264 g/mol.